The predicted octanol–water partition coefficient (Wildman–Crippen LogP) is 2.02. The van der Waals surface area contributed by atoms with Gasteiger partial charge in [0.15, 0.2) is 0 Å². The zero-order valence-corrected chi connectivity index (χ0v) is 12.6. The number of carbonyl (C=O) groups excluding carboxylic acids is 1. The van der Waals surface area contributed by atoms with Crippen LogP contribution < -0.4 is 0 Å². The van der Waals surface area contributed by atoms with Crippen LogP contribution in [0.1, 0.15) is 46.5 Å². The lowest BCUT2D eigenvalue weighted by Crippen LogP contribution is -2.57. The van der Waals surface area contributed by atoms with Crippen LogP contribution in [0.5, 0.6) is 0 Å². The number of rotatable bonds is 3. The first-order chi connectivity index (χ1) is 9.17. The van der Waals surface area contributed by atoms with Gasteiger partial charge in [0.2, 0.25) is 0 Å². The van der Waals surface area contributed by atoms with E-state index >= 15 is 0 Å². The summed E-state index contributed by atoms with van der Waals surface area (Å²) in [5.41, 5.74) is -2.30. The van der Waals surface area contributed by atoms with Crippen LogP contribution in [0.3, 0.4) is 0 Å². The molecule has 0 aromatic heterocycles. The van der Waals surface area contributed by atoms with Crippen LogP contribution in [0.2, 0.25) is 0 Å². The summed E-state index contributed by atoms with van der Waals surface area (Å²) < 4.78 is 10.7. The summed E-state index contributed by atoms with van der Waals surface area (Å²) in [7, 11) is 1.57. The number of carboxylic acids is 1. The summed E-state index contributed by atoms with van der Waals surface area (Å²) in [5.74, 6) is -0.946. The second-order valence-corrected chi connectivity index (χ2v) is 6.81. The molecule has 2 rings (SSSR count). The number of methoxy groups -OCH3 is 1. The SMILES string of the molecule is COCC12CCC(C(=O)O)(CC1)N2C(=O)OC(C)(C)C. The molecule has 2 aliphatic heterocycles. The van der Waals surface area contributed by atoms with Gasteiger partial charge in [-0.25, -0.2) is 9.59 Å². The van der Waals surface area contributed by atoms with Crippen LogP contribution in [0.25, 0.3) is 0 Å². The molecule has 2 fully saturated rings. The minimum atomic E-state index is -1.12. The number of amides is 1. The summed E-state index contributed by atoms with van der Waals surface area (Å²) in [5, 5.41) is 9.60. The van der Waals surface area contributed by atoms with Crippen molar-refractivity contribution in [1.82, 2.24) is 4.90 Å². The smallest absolute Gasteiger partial charge is 0.411 e. The third-order valence-electron chi connectivity index (χ3n) is 4.30. The minimum Gasteiger partial charge on any atom is -0.479 e. The van der Waals surface area contributed by atoms with Crippen molar-refractivity contribution in [1.29, 1.82) is 0 Å². The number of carbonyl (C=O) groups is 2. The lowest BCUT2D eigenvalue weighted by atomic mass is 9.82. The Balaban J connectivity index is 2.34. The van der Waals surface area contributed by atoms with Gasteiger partial charge in [-0.2, -0.15) is 0 Å². The fourth-order valence-electron chi connectivity index (χ4n) is 3.49. The molecule has 0 atom stereocenters. The Hall–Kier alpha value is -1.30. The van der Waals surface area contributed by atoms with Gasteiger partial charge < -0.3 is 14.6 Å². The van der Waals surface area contributed by atoms with Crippen LogP contribution in [-0.4, -0.2) is 52.5 Å². The molecule has 0 aromatic carbocycles. The number of hydrogen-bond donors (Lipinski definition) is 1. The van der Waals surface area contributed by atoms with Crippen molar-refractivity contribution < 1.29 is 24.2 Å². The van der Waals surface area contributed by atoms with E-state index in [4.69, 9.17) is 9.47 Å². The molecular weight excluding hydrogens is 262 g/mol. The molecule has 2 aliphatic rings. The average molecular weight is 285 g/mol. The number of carboxylic acid groups (broad SMARTS) is 1. The van der Waals surface area contributed by atoms with Crippen molar-refractivity contribution in [3.63, 3.8) is 0 Å². The van der Waals surface area contributed by atoms with Crippen LogP contribution >= 0.6 is 0 Å². The summed E-state index contributed by atoms with van der Waals surface area (Å²) >= 11 is 0. The molecule has 1 amide bonds. The van der Waals surface area contributed by atoms with Gasteiger partial charge in [-0.1, -0.05) is 0 Å². The van der Waals surface area contributed by atoms with Gasteiger partial charge in [-0.3, -0.25) is 4.90 Å². The minimum absolute atomic E-state index is 0.348. The Morgan fingerprint density at radius 2 is 1.75 bits per heavy atom. The van der Waals surface area contributed by atoms with E-state index in [1.54, 1.807) is 27.9 Å². The number of aliphatic carboxylic acids is 1. The number of fused-ring (bicyclic) bond motifs is 2. The lowest BCUT2D eigenvalue weighted by Gasteiger charge is -2.37. The highest BCUT2D eigenvalue weighted by Gasteiger charge is 2.67. The second-order valence-electron chi connectivity index (χ2n) is 6.81. The average Bonchev–Trinajstić information content (AvgIpc) is 2.78. The quantitative estimate of drug-likeness (QED) is 0.858. The van der Waals surface area contributed by atoms with E-state index in [0.29, 0.717) is 32.3 Å². The van der Waals surface area contributed by atoms with Gasteiger partial charge in [0.05, 0.1) is 12.1 Å². The molecule has 2 bridgehead atoms. The zero-order valence-electron chi connectivity index (χ0n) is 12.6. The number of nitrogens with zero attached hydrogens (tertiary/aromatic N) is 1. The van der Waals surface area contributed by atoms with E-state index in [9.17, 15) is 14.7 Å². The van der Waals surface area contributed by atoms with Gasteiger partial charge in [0, 0.05) is 7.11 Å². The van der Waals surface area contributed by atoms with Gasteiger partial charge >= 0.3 is 12.1 Å². The molecule has 6 nitrogen and oxygen atoms in total. The van der Waals surface area contributed by atoms with Crippen molar-refractivity contribution in [2.75, 3.05) is 13.7 Å². The highest BCUT2D eigenvalue weighted by molar-refractivity contribution is 5.87. The maximum Gasteiger partial charge on any atom is 0.411 e. The van der Waals surface area contributed by atoms with Crippen molar-refractivity contribution in [3.05, 3.63) is 0 Å². The molecule has 0 aromatic rings. The Labute approximate surface area is 119 Å². The maximum atomic E-state index is 12.5. The first-order valence-corrected chi connectivity index (χ1v) is 6.93. The Morgan fingerprint density at radius 3 is 2.15 bits per heavy atom. The van der Waals surface area contributed by atoms with Gasteiger partial charge in [0.1, 0.15) is 11.1 Å². The number of ether oxygens (including phenoxy) is 2. The second kappa shape index (κ2) is 4.62. The normalized spacial score (nSPS) is 32.5. The van der Waals surface area contributed by atoms with Crippen molar-refractivity contribution in [2.24, 2.45) is 0 Å². The third-order valence-corrected chi connectivity index (χ3v) is 4.30. The van der Waals surface area contributed by atoms with Crippen molar-refractivity contribution in [3.8, 4) is 0 Å². The molecule has 1 N–H and O–H groups in total. The molecule has 2 heterocycles. The molecule has 0 saturated carbocycles. The predicted molar refractivity (Wildman–Crippen MR) is 71.5 cm³/mol. The Bertz CT molecular complexity index is 418. The van der Waals surface area contributed by atoms with Crippen molar-refractivity contribution >= 4 is 12.1 Å². The molecule has 0 radical (unpaired) electrons. The Kier molecular flexibility index (Phi) is 3.48. The zero-order chi connectivity index (χ0) is 15.2. The molecule has 0 unspecified atom stereocenters. The van der Waals surface area contributed by atoms with E-state index in [1.165, 1.54) is 4.90 Å². The fourth-order valence-corrected chi connectivity index (χ4v) is 3.49. The van der Waals surface area contributed by atoms with E-state index in [0.717, 1.165) is 0 Å². The molecular formula is C14H23NO5. The first kappa shape index (κ1) is 15.1. The van der Waals surface area contributed by atoms with E-state index < -0.39 is 28.7 Å². The first-order valence-electron chi connectivity index (χ1n) is 6.93. The van der Waals surface area contributed by atoms with Gasteiger partial charge in [0.25, 0.3) is 0 Å². The van der Waals surface area contributed by atoms with Crippen LogP contribution in [0.15, 0.2) is 0 Å². The topological polar surface area (TPSA) is 76.1 Å². The van der Waals surface area contributed by atoms with E-state index in [-0.39, 0.29) is 0 Å². The number of hydrogen-bond acceptors (Lipinski definition) is 4. The largest absolute Gasteiger partial charge is 0.479 e. The summed E-state index contributed by atoms with van der Waals surface area (Å²) in [6.45, 7) is 5.68. The standard InChI is InChI=1S/C14H23NO5/c1-12(2,3)20-11(18)15-13(9-19-4)5-7-14(15,8-6-13)10(16)17/h5-9H2,1-4H3,(H,16,17). The van der Waals surface area contributed by atoms with E-state index in [1.807, 2.05) is 0 Å². The molecule has 2 saturated heterocycles. The molecule has 0 spiro atoms. The van der Waals surface area contributed by atoms with Crippen LogP contribution in [0, 0.1) is 0 Å². The van der Waals surface area contributed by atoms with Crippen LogP contribution in [0.4, 0.5) is 4.79 Å². The molecule has 0 aliphatic carbocycles. The van der Waals surface area contributed by atoms with Crippen LogP contribution in [-0.2, 0) is 14.3 Å². The summed E-state index contributed by atoms with van der Waals surface area (Å²) in [6, 6.07) is 0. The molecule has 20 heavy (non-hydrogen) atoms. The van der Waals surface area contributed by atoms with Crippen molar-refractivity contribution in [2.45, 2.75) is 63.1 Å². The Morgan fingerprint density at radius 1 is 1.20 bits per heavy atom. The summed E-state index contributed by atoms with van der Waals surface area (Å²) in [6.07, 6.45) is 1.67. The van der Waals surface area contributed by atoms with Gasteiger partial charge in [-0.05, 0) is 46.5 Å². The summed E-state index contributed by atoms with van der Waals surface area (Å²) in [4.78, 5) is 25.7. The lowest BCUT2D eigenvalue weighted by molar-refractivity contribution is -0.149. The molecule has 6 heteroatoms. The molecule has 114 valence electrons. The highest BCUT2D eigenvalue weighted by atomic mass is 16.6. The van der Waals surface area contributed by atoms with Gasteiger partial charge in [-0.15, -0.1) is 0 Å². The highest BCUT2D eigenvalue weighted by Crippen LogP contribution is 2.54. The third kappa shape index (κ3) is 2.16. The maximum absolute atomic E-state index is 12.5. The van der Waals surface area contributed by atoms with E-state index in [2.05, 4.69) is 0 Å². The monoisotopic (exact) mass is 285 g/mol. The fraction of sp³-hybridized carbons (Fsp3) is 0.857.